The summed E-state index contributed by atoms with van der Waals surface area (Å²) in [5.74, 6) is 0.162. The monoisotopic (exact) mass is 426 g/mol. The number of hydrogen-bond acceptors (Lipinski definition) is 3. The van der Waals surface area contributed by atoms with Crippen LogP contribution < -0.4 is 15.5 Å². The van der Waals surface area contributed by atoms with Crippen molar-refractivity contribution in [2.24, 2.45) is 12.0 Å². The molecule has 2 aromatic rings. The first-order valence-corrected chi connectivity index (χ1v) is 9.91. The molecule has 1 aromatic heterocycles. The number of aliphatic imine (C=N–C) groups is 1. The number of benzene rings is 1. The molecule has 0 bridgehead atoms. The van der Waals surface area contributed by atoms with Crippen molar-refractivity contribution in [3.8, 4) is 0 Å². The summed E-state index contributed by atoms with van der Waals surface area (Å²) >= 11 is 0. The third-order valence-electron chi connectivity index (χ3n) is 4.86. The van der Waals surface area contributed by atoms with Crippen LogP contribution in [0.25, 0.3) is 0 Å². The van der Waals surface area contributed by atoms with E-state index in [4.69, 9.17) is 0 Å². The fourth-order valence-corrected chi connectivity index (χ4v) is 3.57. The van der Waals surface area contributed by atoms with E-state index in [0.717, 1.165) is 29.8 Å². The molecule has 1 aromatic carbocycles. The zero-order valence-electron chi connectivity index (χ0n) is 17.0. The molecule has 3 rings (SSSR count). The molecule has 1 aliphatic rings. The minimum Gasteiger partial charge on any atom is -0.369 e. The predicted molar refractivity (Wildman–Crippen MR) is 108 cm³/mol. The highest BCUT2D eigenvalue weighted by molar-refractivity contribution is 5.80. The zero-order valence-corrected chi connectivity index (χ0v) is 17.0. The smallest absolute Gasteiger partial charge is 0.369 e. The van der Waals surface area contributed by atoms with E-state index in [-0.39, 0.29) is 24.0 Å². The Morgan fingerprint density at radius 1 is 1.33 bits per heavy atom. The van der Waals surface area contributed by atoms with Crippen molar-refractivity contribution in [3.05, 3.63) is 47.5 Å². The molecule has 1 saturated heterocycles. The van der Waals surface area contributed by atoms with Crippen molar-refractivity contribution in [2.75, 3.05) is 24.5 Å². The number of aryl methyl sites for hydroxylation is 1. The summed E-state index contributed by atoms with van der Waals surface area (Å²) < 4.78 is 54.2. The molecule has 0 aliphatic carbocycles. The van der Waals surface area contributed by atoms with Gasteiger partial charge in [0, 0.05) is 50.2 Å². The number of nitrogens with zero attached hydrogens (tertiary/aromatic N) is 4. The highest BCUT2D eigenvalue weighted by Crippen LogP contribution is 2.30. The second-order valence-electron chi connectivity index (χ2n) is 7.28. The second kappa shape index (κ2) is 9.36. The average molecular weight is 426 g/mol. The van der Waals surface area contributed by atoms with Gasteiger partial charge in [0.15, 0.2) is 11.7 Å². The lowest BCUT2D eigenvalue weighted by Crippen LogP contribution is -2.51. The van der Waals surface area contributed by atoms with Gasteiger partial charge in [-0.15, -0.1) is 0 Å². The molecular weight excluding hydrogens is 400 g/mol. The largest absolute Gasteiger partial charge is 0.435 e. The summed E-state index contributed by atoms with van der Waals surface area (Å²) in [7, 11) is 1.45. The van der Waals surface area contributed by atoms with Gasteiger partial charge < -0.3 is 15.5 Å². The maximum absolute atomic E-state index is 13.6. The third-order valence-corrected chi connectivity index (χ3v) is 4.86. The normalized spacial score (nSPS) is 17.9. The first kappa shape index (κ1) is 21.9. The van der Waals surface area contributed by atoms with E-state index in [9.17, 15) is 17.6 Å². The van der Waals surface area contributed by atoms with Gasteiger partial charge in [0.2, 0.25) is 0 Å². The molecular formula is C20H26F4N6. The second-order valence-corrected chi connectivity index (χ2v) is 7.28. The lowest BCUT2D eigenvalue weighted by molar-refractivity contribution is -0.142. The topological polar surface area (TPSA) is 57.5 Å². The minimum atomic E-state index is -4.52. The van der Waals surface area contributed by atoms with Crippen LogP contribution >= 0.6 is 0 Å². The summed E-state index contributed by atoms with van der Waals surface area (Å²) in [5, 5.41) is 9.90. The molecule has 1 fully saturated rings. The van der Waals surface area contributed by atoms with E-state index in [1.165, 1.54) is 25.4 Å². The van der Waals surface area contributed by atoms with Gasteiger partial charge in [0.1, 0.15) is 5.82 Å². The minimum absolute atomic E-state index is 0.0206. The molecule has 2 heterocycles. The number of halogens is 4. The maximum atomic E-state index is 13.6. The lowest BCUT2D eigenvalue weighted by atomic mass is 10.0. The summed E-state index contributed by atoms with van der Waals surface area (Å²) in [5.41, 5.74) is -0.0830. The third kappa shape index (κ3) is 5.64. The van der Waals surface area contributed by atoms with Crippen LogP contribution in [0.1, 0.15) is 31.0 Å². The first-order valence-electron chi connectivity index (χ1n) is 9.91. The molecule has 0 spiro atoms. The molecule has 0 saturated carbocycles. The van der Waals surface area contributed by atoms with Crippen LogP contribution in [0, 0.1) is 5.82 Å². The molecule has 0 amide bonds. The summed E-state index contributed by atoms with van der Waals surface area (Å²) in [4.78, 5) is 6.43. The Morgan fingerprint density at radius 3 is 2.83 bits per heavy atom. The van der Waals surface area contributed by atoms with E-state index >= 15 is 0 Å². The number of hydrogen-bond donors (Lipinski definition) is 2. The summed E-state index contributed by atoms with van der Waals surface area (Å²) in [6, 6.07) is 6.50. The Balaban J connectivity index is 1.69. The molecule has 6 nitrogen and oxygen atoms in total. The molecule has 1 aliphatic heterocycles. The van der Waals surface area contributed by atoms with Gasteiger partial charge in [0.05, 0.1) is 6.54 Å². The molecule has 0 radical (unpaired) electrons. The molecule has 164 valence electrons. The van der Waals surface area contributed by atoms with Crippen LogP contribution in [-0.4, -0.2) is 41.4 Å². The number of anilines is 1. The summed E-state index contributed by atoms with van der Waals surface area (Å²) in [6.07, 6.45) is -1.39. The standard InChI is InChI=1S/C20H26F4N6/c1-3-25-19(26-11-14-12-29(2)28-18(14)20(22,23)24)27-16-7-5-9-30(13-16)17-8-4-6-15(21)10-17/h4,6,8,10,12,16H,3,5,7,9,11,13H2,1-2H3,(H2,25,26,27). The van der Waals surface area contributed by atoms with Crippen molar-refractivity contribution >= 4 is 11.6 Å². The highest BCUT2D eigenvalue weighted by atomic mass is 19.4. The van der Waals surface area contributed by atoms with E-state index in [2.05, 4.69) is 25.6 Å². The van der Waals surface area contributed by atoms with Gasteiger partial charge in [-0.3, -0.25) is 4.68 Å². The number of aromatic nitrogens is 2. The van der Waals surface area contributed by atoms with Crippen LogP contribution in [0.2, 0.25) is 0 Å². The number of nitrogens with one attached hydrogen (secondary N) is 2. The van der Waals surface area contributed by atoms with Crippen LogP contribution in [0.15, 0.2) is 35.5 Å². The predicted octanol–water partition coefficient (Wildman–Crippen LogP) is 3.30. The van der Waals surface area contributed by atoms with Crippen LogP contribution in [0.3, 0.4) is 0 Å². The Morgan fingerprint density at radius 2 is 2.13 bits per heavy atom. The molecule has 2 N–H and O–H groups in total. The Hall–Kier alpha value is -2.78. The first-order chi connectivity index (χ1) is 14.3. The number of guanidine groups is 1. The average Bonchev–Trinajstić information content (AvgIpc) is 3.08. The van der Waals surface area contributed by atoms with E-state index in [1.54, 1.807) is 6.07 Å². The quantitative estimate of drug-likeness (QED) is 0.438. The Labute approximate surface area is 173 Å². The Bertz CT molecular complexity index is 876. The van der Waals surface area contributed by atoms with Crippen LogP contribution in [0.5, 0.6) is 0 Å². The fraction of sp³-hybridized carbons (Fsp3) is 0.500. The number of alkyl halides is 3. The van der Waals surface area contributed by atoms with Gasteiger partial charge in [-0.05, 0) is 38.0 Å². The van der Waals surface area contributed by atoms with Gasteiger partial charge >= 0.3 is 6.18 Å². The Kier molecular flexibility index (Phi) is 6.84. The fourth-order valence-electron chi connectivity index (χ4n) is 3.57. The van der Waals surface area contributed by atoms with Crippen molar-refractivity contribution in [3.63, 3.8) is 0 Å². The van der Waals surface area contributed by atoms with E-state index in [0.29, 0.717) is 19.0 Å². The molecule has 1 unspecified atom stereocenters. The molecule has 30 heavy (non-hydrogen) atoms. The van der Waals surface area contributed by atoms with Gasteiger partial charge in [0.25, 0.3) is 0 Å². The SMILES string of the molecule is CCNC(=NCc1cn(C)nc1C(F)(F)F)NC1CCCN(c2cccc(F)c2)C1. The van der Waals surface area contributed by atoms with E-state index < -0.39 is 11.9 Å². The van der Waals surface area contributed by atoms with Crippen molar-refractivity contribution in [1.29, 1.82) is 0 Å². The van der Waals surface area contributed by atoms with E-state index in [1.807, 2.05) is 13.0 Å². The van der Waals surface area contributed by atoms with Crippen LogP contribution in [-0.2, 0) is 19.8 Å². The highest BCUT2D eigenvalue weighted by Gasteiger charge is 2.36. The maximum Gasteiger partial charge on any atom is 0.435 e. The van der Waals surface area contributed by atoms with Crippen molar-refractivity contribution < 1.29 is 17.6 Å². The van der Waals surface area contributed by atoms with Gasteiger partial charge in [-0.25, -0.2) is 9.38 Å². The number of rotatable bonds is 5. The summed E-state index contributed by atoms with van der Waals surface area (Å²) in [6.45, 7) is 3.79. The zero-order chi connectivity index (χ0) is 21.7. The van der Waals surface area contributed by atoms with Crippen molar-refractivity contribution in [1.82, 2.24) is 20.4 Å². The lowest BCUT2D eigenvalue weighted by Gasteiger charge is -2.35. The molecule has 1 atom stereocenters. The number of piperidine rings is 1. The van der Waals surface area contributed by atoms with Gasteiger partial charge in [-0.1, -0.05) is 6.07 Å². The van der Waals surface area contributed by atoms with Crippen LogP contribution in [0.4, 0.5) is 23.2 Å². The molecule has 10 heteroatoms. The van der Waals surface area contributed by atoms with Gasteiger partial charge in [-0.2, -0.15) is 18.3 Å². The van der Waals surface area contributed by atoms with Crippen molar-refractivity contribution in [2.45, 2.75) is 38.5 Å².